The van der Waals surface area contributed by atoms with E-state index < -0.39 is 12.0 Å². The summed E-state index contributed by atoms with van der Waals surface area (Å²) in [6.45, 7) is 0.234. The summed E-state index contributed by atoms with van der Waals surface area (Å²) in [5.41, 5.74) is 0.296. The van der Waals surface area contributed by atoms with Crippen LogP contribution in [0.25, 0.3) is 0 Å². The summed E-state index contributed by atoms with van der Waals surface area (Å²) in [4.78, 5) is 28.2. The third-order valence-corrected chi connectivity index (χ3v) is 2.81. The van der Waals surface area contributed by atoms with Gasteiger partial charge in [0.25, 0.3) is 0 Å². The molecule has 0 saturated heterocycles. The van der Waals surface area contributed by atoms with Gasteiger partial charge in [-0.3, -0.25) is 5.10 Å². The number of carboxylic acid groups (broad SMARTS) is 1. The summed E-state index contributed by atoms with van der Waals surface area (Å²) in [6.07, 6.45) is 1.34. The zero-order valence-corrected chi connectivity index (χ0v) is 11.8. The quantitative estimate of drug-likeness (QED) is 0.797. The highest BCUT2D eigenvalue weighted by Gasteiger charge is 2.13. The summed E-state index contributed by atoms with van der Waals surface area (Å²) in [6, 6.07) is 3.67. The van der Waals surface area contributed by atoms with Crippen LogP contribution in [0.1, 0.15) is 16.2 Å². The Morgan fingerprint density at radius 1 is 1.43 bits per heavy atom. The Hall–Kier alpha value is -2.61. The summed E-state index contributed by atoms with van der Waals surface area (Å²) >= 11 is 5.82. The van der Waals surface area contributed by atoms with E-state index >= 15 is 0 Å². The lowest BCUT2D eigenvalue weighted by molar-refractivity contribution is 0.0697. The summed E-state index contributed by atoms with van der Waals surface area (Å²) in [5.74, 6) is -0.590. The van der Waals surface area contributed by atoms with Crippen LogP contribution in [0.15, 0.2) is 24.5 Å². The number of nitrogens with one attached hydrogen (secondary N) is 2. The largest absolute Gasteiger partial charge is 0.478 e. The number of halogens is 1. The molecule has 2 amide bonds. The second-order valence-electron chi connectivity index (χ2n) is 4.25. The van der Waals surface area contributed by atoms with Crippen molar-refractivity contribution in [2.45, 2.75) is 6.54 Å². The Labute approximate surface area is 124 Å². The van der Waals surface area contributed by atoms with Gasteiger partial charge in [-0.1, -0.05) is 11.6 Å². The number of benzene rings is 1. The number of rotatable bonds is 4. The summed E-state index contributed by atoms with van der Waals surface area (Å²) < 4.78 is 0. The average Bonchev–Trinajstić information content (AvgIpc) is 2.90. The zero-order valence-electron chi connectivity index (χ0n) is 11.0. The summed E-state index contributed by atoms with van der Waals surface area (Å²) in [5, 5.41) is 18.1. The van der Waals surface area contributed by atoms with Gasteiger partial charge in [0, 0.05) is 17.8 Å². The van der Waals surface area contributed by atoms with Crippen LogP contribution < -0.4 is 5.32 Å². The van der Waals surface area contributed by atoms with E-state index in [-0.39, 0.29) is 17.1 Å². The van der Waals surface area contributed by atoms with E-state index in [1.54, 1.807) is 7.05 Å². The molecular formula is C12H12ClN5O3. The number of aromatic nitrogens is 3. The normalized spacial score (nSPS) is 10.2. The monoisotopic (exact) mass is 309 g/mol. The number of hydrogen-bond donors (Lipinski definition) is 3. The van der Waals surface area contributed by atoms with Crippen molar-refractivity contribution in [2.24, 2.45) is 0 Å². The van der Waals surface area contributed by atoms with Crippen LogP contribution in [0.2, 0.25) is 5.02 Å². The van der Waals surface area contributed by atoms with Crippen LogP contribution >= 0.6 is 11.6 Å². The van der Waals surface area contributed by atoms with Gasteiger partial charge in [-0.05, 0) is 18.2 Å². The minimum atomic E-state index is -1.12. The molecule has 2 rings (SSSR count). The minimum absolute atomic E-state index is 0.00399. The number of carbonyl (C=O) groups excluding carboxylic acids is 1. The highest BCUT2D eigenvalue weighted by molar-refractivity contribution is 6.31. The van der Waals surface area contributed by atoms with Gasteiger partial charge in [0.2, 0.25) is 0 Å². The number of carbonyl (C=O) groups is 2. The van der Waals surface area contributed by atoms with E-state index in [1.807, 2.05) is 0 Å². The fourth-order valence-corrected chi connectivity index (χ4v) is 1.84. The van der Waals surface area contributed by atoms with Crippen molar-refractivity contribution >= 4 is 29.3 Å². The molecule has 110 valence electrons. The Morgan fingerprint density at radius 3 is 2.81 bits per heavy atom. The molecule has 0 aliphatic rings. The van der Waals surface area contributed by atoms with E-state index in [0.29, 0.717) is 11.5 Å². The van der Waals surface area contributed by atoms with E-state index in [1.165, 1.54) is 29.4 Å². The molecule has 0 aliphatic carbocycles. The first kappa shape index (κ1) is 14.8. The number of hydrogen-bond acceptors (Lipinski definition) is 4. The molecule has 0 saturated carbocycles. The molecule has 2 aromatic rings. The molecule has 0 bridgehead atoms. The van der Waals surface area contributed by atoms with Gasteiger partial charge in [0.1, 0.15) is 12.2 Å². The highest BCUT2D eigenvalue weighted by Crippen LogP contribution is 2.19. The number of aromatic amines is 1. The van der Waals surface area contributed by atoms with Gasteiger partial charge in [0.05, 0.1) is 12.1 Å². The number of anilines is 1. The predicted molar refractivity (Wildman–Crippen MR) is 75.3 cm³/mol. The first-order valence-electron chi connectivity index (χ1n) is 5.86. The molecule has 0 atom stereocenters. The van der Waals surface area contributed by atoms with Crippen molar-refractivity contribution < 1.29 is 14.7 Å². The fourth-order valence-electron chi connectivity index (χ4n) is 1.61. The van der Waals surface area contributed by atoms with E-state index in [4.69, 9.17) is 16.7 Å². The Balaban J connectivity index is 2.06. The SMILES string of the molecule is CN(Cc1ncn[nH]1)C(=O)Nc1cc(Cl)cc(C(=O)O)c1. The van der Waals surface area contributed by atoms with E-state index in [2.05, 4.69) is 20.5 Å². The van der Waals surface area contributed by atoms with Crippen LogP contribution in [-0.4, -0.2) is 44.2 Å². The maximum Gasteiger partial charge on any atom is 0.335 e. The Morgan fingerprint density at radius 2 is 2.19 bits per heavy atom. The van der Waals surface area contributed by atoms with Crippen molar-refractivity contribution in [1.29, 1.82) is 0 Å². The lowest BCUT2D eigenvalue weighted by atomic mass is 10.2. The number of H-pyrrole nitrogens is 1. The smallest absolute Gasteiger partial charge is 0.335 e. The van der Waals surface area contributed by atoms with Crippen LogP contribution in [0.5, 0.6) is 0 Å². The molecule has 1 aromatic carbocycles. The molecule has 21 heavy (non-hydrogen) atoms. The molecule has 0 unspecified atom stereocenters. The van der Waals surface area contributed by atoms with Gasteiger partial charge >= 0.3 is 12.0 Å². The van der Waals surface area contributed by atoms with E-state index in [0.717, 1.165) is 0 Å². The molecule has 0 aliphatic heterocycles. The van der Waals surface area contributed by atoms with Gasteiger partial charge in [-0.25, -0.2) is 14.6 Å². The molecule has 9 heteroatoms. The van der Waals surface area contributed by atoms with Crippen molar-refractivity contribution in [3.63, 3.8) is 0 Å². The fraction of sp³-hybridized carbons (Fsp3) is 0.167. The average molecular weight is 310 g/mol. The first-order chi connectivity index (χ1) is 9.95. The topological polar surface area (TPSA) is 111 Å². The maximum atomic E-state index is 12.0. The standard InChI is InChI=1S/C12H12ClN5O3/c1-18(5-10-14-6-15-17-10)12(21)16-9-3-7(11(19)20)2-8(13)4-9/h2-4,6H,5H2,1H3,(H,16,21)(H,19,20)(H,14,15,17). The first-order valence-corrected chi connectivity index (χ1v) is 6.24. The lowest BCUT2D eigenvalue weighted by Crippen LogP contribution is -2.31. The third kappa shape index (κ3) is 3.93. The number of nitrogens with zero attached hydrogens (tertiary/aromatic N) is 3. The number of amides is 2. The Bertz CT molecular complexity index is 659. The number of carboxylic acids is 1. The number of aromatic carboxylic acids is 1. The molecule has 1 heterocycles. The van der Waals surface area contributed by atoms with Crippen molar-refractivity contribution in [3.05, 3.63) is 40.9 Å². The van der Waals surface area contributed by atoms with Gasteiger partial charge < -0.3 is 15.3 Å². The minimum Gasteiger partial charge on any atom is -0.478 e. The van der Waals surface area contributed by atoms with Crippen molar-refractivity contribution in [2.75, 3.05) is 12.4 Å². The van der Waals surface area contributed by atoms with Crippen LogP contribution in [0, 0.1) is 0 Å². The maximum absolute atomic E-state index is 12.0. The van der Waals surface area contributed by atoms with Gasteiger partial charge in [0.15, 0.2) is 0 Å². The molecule has 0 fully saturated rings. The van der Waals surface area contributed by atoms with Crippen LogP contribution in [0.3, 0.4) is 0 Å². The van der Waals surface area contributed by atoms with Crippen LogP contribution in [0.4, 0.5) is 10.5 Å². The van der Waals surface area contributed by atoms with E-state index in [9.17, 15) is 9.59 Å². The van der Waals surface area contributed by atoms with Crippen LogP contribution in [-0.2, 0) is 6.54 Å². The second kappa shape index (κ2) is 6.23. The van der Waals surface area contributed by atoms with Gasteiger partial charge in [-0.2, -0.15) is 5.10 Å². The number of urea groups is 1. The summed E-state index contributed by atoms with van der Waals surface area (Å²) in [7, 11) is 1.57. The highest BCUT2D eigenvalue weighted by atomic mass is 35.5. The third-order valence-electron chi connectivity index (χ3n) is 2.59. The molecule has 1 aromatic heterocycles. The molecule has 3 N–H and O–H groups in total. The predicted octanol–water partition coefficient (Wildman–Crippen LogP) is 1.82. The Kier molecular flexibility index (Phi) is 4.39. The molecule has 0 spiro atoms. The zero-order chi connectivity index (χ0) is 15.4. The van der Waals surface area contributed by atoms with Crippen molar-refractivity contribution in [3.8, 4) is 0 Å². The van der Waals surface area contributed by atoms with Crippen molar-refractivity contribution in [1.82, 2.24) is 20.1 Å². The second-order valence-corrected chi connectivity index (χ2v) is 4.69. The molecule has 0 radical (unpaired) electrons. The lowest BCUT2D eigenvalue weighted by Gasteiger charge is -2.16. The van der Waals surface area contributed by atoms with Gasteiger partial charge in [-0.15, -0.1) is 0 Å². The molecular weight excluding hydrogens is 298 g/mol. The molecule has 8 nitrogen and oxygen atoms in total.